The lowest BCUT2D eigenvalue weighted by molar-refractivity contribution is -0.105. The fourth-order valence-corrected chi connectivity index (χ4v) is 1.11. The Morgan fingerprint density at radius 3 is 2.69 bits per heavy atom. The molecule has 2 N–H and O–H groups in total. The SMILES string of the molecule is COC(=O)Nc1ccc(NC=O)cc1OC. The van der Waals surface area contributed by atoms with Crippen LogP contribution in [0.4, 0.5) is 16.2 Å². The zero-order valence-corrected chi connectivity index (χ0v) is 8.94. The van der Waals surface area contributed by atoms with Gasteiger partial charge in [-0.2, -0.15) is 0 Å². The van der Waals surface area contributed by atoms with E-state index in [4.69, 9.17) is 4.74 Å². The largest absolute Gasteiger partial charge is 0.494 e. The number of carbonyl (C=O) groups is 2. The molecule has 0 aliphatic carbocycles. The van der Waals surface area contributed by atoms with Crippen molar-refractivity contribution in [3.63, 3.8) is 0 Å². The van der Waals surface area contributed by atoms with E-state index in [1.165, 1.54) is 14.2 Å². The first-order valence-electron chi connectivity index (χ1n) is 4.44. The maximum absolute atomic E-state index is 11.0. The summed E-state index contributed by atoms with van der Waals surface area (Å²) in [4.78, 5) is 21.2. The average Bonchev–Trinajstić information content (AvgIpc) is 2.31. The Morgan fingerprint density at radius 2 is 2.12 bits per heavy atom. The number of carbonyl (C=O) groups excluding carboxylic acids is 2. The highest BCUT2D eigenvalue weighted by Gasteiger charge is 2.07. The van der Waals surface area contributed by atoms with Gasteiger partial charge in [0.1, 0.15) is 5.75 Å². The molecule has 0 unspecified atom stereocenters. The number of ether oxygens (including phenoxy) is 2. The Bertz CT molecular complexity index is 392. The molecule has 0 heterocycles. The van der Waals surface area contributed by atoms with Gasteiger partial charge in [0.2, 0.25) is 6.41 Å². The van der Waals surface area contributed by atoms with Crippen molar-refractivity contribution in [2.24, 2.45) is 0 Å². The molecule has 0 saturated carbocycles. The zero-order chi connectivity index (χ0) is 12.0. The minimum Gasteiger partial charge on any atom is -0.494 e. The molecular weight excluding hydrogens is 212 g/mol. The van der Waals surface area contributed by atoms with Gasteiger partial charge in [-0.3, -0.25) is 10.1 Å². The first-order chi connectivity index (χ1) is 7.71. The molecule has 1 rings (SSSR count). The number of nitrogens with one attached hydrogen (secondary N) is 2. The second kappa shape index (κ2) is 5.59. The summed E-state index contributed by atoms with van der Waals surface area (Å²) in [7, 11) is 2.73. The third-order valence-corrected chi connectivity index (χ3v) is 1.85. The molecule has 0 aliphatic rings. The number of anilines is 2. The standard InChI is InChI=1S/C10H12N2O4/c1-15-9-5-7(11-6-13)3-4-8(9)12-10(14)16-2/h3-6H,1-2H3,(H,11,13)(H,12,14). The lowest BCUT2D eigenvalue weighted by Crippen LogP contribution is -2.11. The number of rotatable bonds is 4. The van der Waals surface area contributed by atoms with Crippen molar-refractivity contribution in [3.8, 4) is 5.75 Å². The molecule has 6 nitrogen and oxygen atoms in total. The van der Waals surface area contributed by atoms with Gasteiger partial charge in [0.05, 0.1) is 19.9 Å². The van der Waals surface area contributed by atoms with Crippen molar-refractivity contribution in [2.75, 3.05) is 24.9 Å². The highest BCUT2D eigenvalue weighted by molar-refractivity contribution is 5.87. The lowest BCUT2D eigenvalue weighted by Gasteiger charge is -2.10. The van der Waals surface area contributed by atoms with E-state index in [0.29, 0.717) is 23.5 Å². The third-order valence-electron chi connectivity index (χ3n) is 1.85. The molecule has 0 saturated heterocycles. The van der Waals surface area contributed by atoms with Crippen LogP contribution in [0.5, 0.6) is 5.75 Å². The summed E-state index contributed by atoms with van der Waals surface area (Å²) in [5, 5.41) is 4.95. The topological polar surface area (TPSA) is 76.7 Å². The van der Waals surface area contributed by atoms with E-state index < -0.39 is 6.09 Å². The Balaban J connectivity index is 2.92. The van der Waals surface area contributed by atoms with Gasteiger partial charge >= 0.3 is 6.09 Å². The van der Waals surface area contributed by atoms with Crippen LogP contribution >= 0.6 is 0 Å². The molecule has 0 atom stereocenters. The Hall–Kier alpha value is -2.24. The first kappa shape index (κ1) is 11.8. The zero-order valence-electron chi connectivity index (χ0n) is 8.94. The predicted molar refractivity (Wildman–Crippen MR) is 58.7 cm³/mol. The monoisotopic (exact) mass is 224 g/mol. The van der Waals surface area contributed by atoms with E-state index >= 15 is 0 Å². The molecule has 0 radical (unpaired) electrons. The van der Waals surface area contributed by atoms with Gasteiger partial charge in [0, 0.05) is 11.8 Å². The molecule has 1 aromatic carbocycles. The maximum Gasteiger partial charge on any atom is 0.411 e. The second-order valence-corrected chi connectivity index (χ2v) is 2.79. The van der Waals surface area contributed by atoms with Crippen LogP contribution < -0.4 is 15.4 Å². The van der Waals surface area contributed by atoms with E-state index in [2.05, 4.69) is 15.4 Å². The van der Waals surface area contributed by atoms with Crippen LogP contribution in [0.1, 0.15) is 0 Å². The number of amides is 2. The molecule has 16 heavy (non-hydrogen) atoms. The summed E-state index contributed by atoms with van der Waals surface area (Å²) in [5.41, 5.74) is 1.04. The molecule has 0 spiro atoms. The van der Waals surface area contributed by atoms with Crippen molar-refractivity contribution in [2.45, 2.75) is 0 Å². The number of hydrogen-bond acceptors (Lipinski definition) is 4. The van der Waals surface area contributed by atoms with Gasteiger partial charge in [0.25, 0.3) is 0 Å². The molecule has 0 aliphatic heterocycles. The van der Waals surface area contributed by atoms with Gasteiger partial charge in [-0.15, -0.1) is 0 Å². The molecule has 0 bridgehead atoms. The molecule has 6 heteroatoms. The average molecular weight is 224 g/mol. The van der Waals surface area contributed by atoms with E-state index in [-0.39, 0.29) is 0 Å². The maximum atomic E-state index is 11.0. The van der Waals surface area contributed by atoms with Crippen molar-refractivity contribution in [1.29, 1.82) is 0 Å². The van der Waals surface area contributed by atoms with Gasteiger partial charge in [-0.25, -0.2) is 4.79 Å². The third kappa shape index (κ3) is 2.88. The summed E-state index contributed by atoms with van der Waals surface area (Å²) in [6, 6.07) is 4.81. The Labute approximate surface area is 92.5 Å². The minimum atomic E-state index is -0.589. The van der Waals surface area contributed by atoms with Crippen LogP contribution in [0.2, 0.25) is 0 Å². The fourth-order valence-electron chi connectivity index (χ4n) is 1.11. The summed E-state index contributed by atoms with van der Waals surface area (Å²) in [6.07, 6.45) is -0.0308. The fraction of sp³-hybridized carbons (Fsp3) is 0.200. The normalized spacial score (nSPS) is 9.12. The summed E-state index contributed by atoms with van der Waals surface area (Å²) < 4.78 is 9.51. The molecular formula is C10H12N2O4. The second-order valence-electron chi connectivity index (χ2n) is 2.79. The quantitative estimate of drug-likeness (QED) is 0.759. The Kier molecular flexibility index (Phi) is 4.14. The number of benzene rings is 1. The summed E-state index contributed by atoms with van der Waals surface area (Å²) in [5.74, 6) is 0.428. The van der Waals surface area contributed by atoms with Crippen LogP contribution in [-0.2, 0) is 9.53 Å². The van der Waals surface area contributed by atoms with E-state index in [1.54, 1.807) is 18.2 Å². The highest BCUT2D eigenvalue weighted by atomic mass is 16.5. The van der Waals surface area contributed by atoms with Gasteiger partial charge in [0.15, 0.2) is 0 Å². The van der Waals surface area contributed by atoms with Crippen molar-refractivity contribution in [3.05, 3.63) is 18.2 Å². The van der Waals surface area contributed by atoms with Crippen LogP contribution in [0, 0.1) is 0 Å². The van der Waals surface area contributed by atoms with E-state index in [0.717, 1.165) is 0 Å². The summed E-state index contributed by atoms with van der Waals surface area (Å²) >= 11 is 0. The van der Waals surface area contributed by atoms with Crippen molar-refractivity contribution < 1.29 is 19.1 Å². The van der Waals surface area contributed by atoms with Crippen LogP contribution in [-0.4, -0.2) is 26.7 Å². The van der Waals surface area contributed by atoms with Crippen LogP contribution in [0.15, 0.2) is 18.2 Å². The first-order valence-corrected chi connectivity index (χ1v) is 4.44. The Morgan fingerprint density at radius 1 is 1.38 bits per heavy atom. The van der Waals surface area contributed by atoms with Gasteiger partial charge in [-0.1, -0.05) is 0 Å². The van der Waals surface area contributed by atoms with Gasteiger partial charge in [-0.05, 0) is 12.1 Å². The van der Waals surface area contributed by atoms with Crippen LogP contribution in [0.3, 0.4) is 0 Å². The summed E-state index contributed by atoms with van der Waals surface area (Å²) in [6.45, 7) is 0. The molecule has 0 aromatic heterocycles. The lowest BCUT2D eigenvalue weighted by atomic mass is 10.2. The molecule has 2 amide bonds. The number of hydrogen-bond donors (Lipinski definition) is 2. The molecule has 0 fully saturated rings. The smallest absolute Gasteiger partial charge is 0.411 e. The molecule has 1 aromatic rings. The van der Waals surface area contributed by atoms with Crippen LogP contribution in [0.25, 0.3) is 0 Å². The highest BCUT2D eigenvalue weighted by Crippen LogP contribution is 2.27. The van der Waals surface area contributed by atoms with Crippen molar-refractivity contribution in [1.82, 2.24) is 0 Å². The van der Waals surface area contributed by atoms with E-state index in [1.807, 2.05) is 0 Å². The number of methoxy groups -OCH3 is 2. The van der Waals surface area contributed by atoms with Crippen molar-refractivity contribution >= 4 is 23.9 Å². The van der Waals surface area contributed by atoms with E-state index in [9.17, 15) is 9.59 Å². The van der Waals surface area contributed by atoms with Gasteiger partial charge < -0.3 is 14.8 Å². The predicted octanol–water partition coefficient (Wildman–Crippen LogP) is 1.44. The molecule has 86 valence electrons. The minimum absolute atomic E-state index is 0.428.